The van der Waals surface area contributed by atoms with Crippen LogP contribution in [0.25, 0.3) is 10.9 Å². The van der Waals surface area contributed by atoms with Crippen molar-refractivity contribution in [3.63, 3.8) is 0 Å². The fourth-order valence-electron chi connectivity index (χ4n) is 4.55. The van der Waals surface area contributed by atoms with Crippen LogP contribution < -0.4 is 10.1 Å². The molecule has 1 atom stereocenters. The van der Waals surface area contributed by atoms with Crippen LogP contribution in [0.15, 0.2) is 85.1 Å². The molecule has 4 aromatic rings. The SMILES string of the molecule is COc1ccc(Cn2cc([C@H](CC(=O)NCc3ccccc3)C(C)(C)C)c3ccccc32)cc1. The molecule has 0 saturated heterocycles. The van der Waals surface area contributed by atoms with E-state index < -0.39 is 0 Å². The third-order valence-electron chi connectivity index (χ3n) is 6.47. The highest BCUT2D eigenvalue weighted by atomic mass is 16.5. The number of para-hydroxylation sites is 1. The predicted octanol–water partition coefficient (Wildman–Crippen LogP) is 6.53. The average molecular weight is 455 g/mol. The monoisotopic (exact) mass is 454 g/mol. The van der Waals surface area contributed by atoms with Gasteiger partial charge in [0.1, 0.15) is 5.75 Å². The van der Waals surface area contributed by atoms with E-state index in [1.165, 1.54) is 22.0 Å². The van der Waals surface area contributed by atoms with Gasteiger partial charge < -0.3 is 14.6 Å². The number of methoxy groups -OCH3 is 1. The lowest BCUT2D eigenvalue weighted by Crippen LogP contribution is -2.29. The Hall–Kier alpha value is -3.53. The molecule has 0 unspecified atom stereocenters. The fourth-order valence-corrected chi connectivity index (χ4v) is 4.55. The van der Waals surface area contributed by atoms with E-state index in [2.05, 4.69) is 73.3 Å². The Morgan fingerprint density at radius 3 is 2.26 bits per heavy atom. The zero-order valence-electron chi connectivity index (χ0n) is 20.5. The quantitative estimate of drug-likeness (QED) is 0.329. The summed E-state index contributed by atoms with van der Waals surface area (Å²) in [6, 6.07) is 26.8. The Bertz CT molecular complexity index is 1230. The number of nitrogens with zero attached hydrogens (tertiary/aromatic N) is 1. The molecule has 0 bridgehead atoms. The number of benzene rings is 3. The highest BCUT2D eigenvalue weighted by Gasteiger charge is 2.31. The molecule has 0 radical (unpaired) electrons. The van der Waals surface area contributed by atoms with Gasteiger partial charge in [0.05, 0.1) is 7.11 Å². The molecule has 1 aromatic heterocycles. The molecule has 1 heterocycles. The second-order valence-electron chi connectivity index (χ2n) is 9.96. The molecule has 0 saturated carbocycles. The number of rotatable bonds is 8. The van der Waals surface area contributed by atoms with Gasteiger partial charge in [0.15, 0.2) is 0 Å². The van der Waals surface area contributed by atoms with Gasteiger partial charge in [0.25, 0.3) is 0 Å². The fraction of sp³-hybridized carbons (Fsp3) is 0.300. The average Bonchev–Trinajstić information content (AvgIpc) is 3.19. The first kappa shape index (κ1) is 23.6. The molecule has 4 rings (SSSR count). The number of hydrogen-bond acceptors (Lipinski definition) is 2. The van der Waals surface area contributed by atoms with Gasteiger partial charge >= 0.3 is 0 Å². The molecule has 1 N–H and O–H groups in total. The number of aromatic nitrogens is 1. The third-order valence-corrected chi connectivity index (χ3v) is 6.47. The van der Waals surface area contributed by atoms with Crippen LogP contribution in [-0.4, -0.2) is 17.6 Å². The van der Waals surface area contributed by atoms with E-state index >= 15 is 0 Å². The number of nitrogens with one attached hydrogen (secondary N) is 1. The summed E-state index contributed by atoms with van der Waals surface area (Å²) in [6.07, 6.45) is 2.70. The summed E-state index contributed by atoms with van der Waals surface area (Å²) < 4.78 is 7.60. The van der Waals surface area contributed by atoms with Gasteiger partial charge in [0.2, 0.25) is 5.91 Å². The first-order chi connectivity index (χ1) is 16.3. The summed E-state index contributed by atoms with van der Waals surface area (Å²) >= 11 is 0. The van der Waals surface area contributed by atoms with Crippen molar-refractivity contribution in [3.8, 4) is 5.75 Å². The van der Waals surface area contributed by atoms with Gasteiger partial charge in [-0.3, -0.25) is 4.79 Å². The number of ether oxygens (including phenoxy) is 1. The minimum atomic E-state index is -0.0703. The zero-order valence-corrected chi connectivity index (χ0v) is 20.5. The van der Waals surface area contributed by atoms with E-state index in [1.807, 2.05) is 42.5 Å². The standard InChI is InChI=1S/C30H34N2O2/c1-30(2,3)27(18-29(33)31-19-22-10-6-5-7-11-22)26-21-32(28-13-9-8-12-25(26)28)20-23-14-16-24(34-4)17-15-23/h5-17,21,27H,18-20H2,1-4H3,(H,31,33)/t27-/m0/s1. The summed E-state index contributed by atoms with van der Waals surface area (Å²) in [5, 5.41) is 4.33. The van der Waals surface area contributed by atoms with E-state index in [0.29, 0.717) is 13.0 Å². The molecule has 4 nitrogen and oxygen atoms in total. The maximum atomic E-state index is 13.0. The van der Waals surface area contributed by atoms with Crippen LogP contribution in [0.4, 0.5) is 0 Å². The van der Waals surface area contributed by atoms with Gasteiger partial charge in [-0.2, -0.15) is 0 Å². The van der Waals surface area contributed by atoms with Gasteiger partial charge in [-0.25, -0.2) is 0 Å². The molecule has 0 aliphatic carbocycles. The molecular formula is C30H34N2O2. The molecule has 0 fully saturated rings. The first-order valence-corrected chi connectivity index (χ1v) is 11.9. The summed E-state index contributed by atoms with van der Waals surface area (Å²) in [4.78, 5) is 13.0. The lowest BCUT2D eigenvalue weighted by molar-refractivity contribution is -0.122. The summed E-state index contributed by atoms with van der Waals surface area (Å²) in [6.45, 7) is 7.98. The smallest absolute Gasteiger partial charge is 0.220 e. The van der Waals surface area contributed by atoms with Gasteiger partial charge in [-0.1, -0.05) is 81.4 Å². The van der Waals surface area contributed by atoms with Crippen molar-refractivity contribution >= 4 is 16.8 Å². The largest absolute Gasteiger partial charge is 0.497 e. The Kier molecular flexibility index (Phi) is 7.06. The van der Waals surface area contributed by atoms with E-state index in [-0.39, 0.29) is 17.2 Å². The van der Waals surface area contributed by atoms with Crippen molar-refractivity contribution in [2.45, 2.75) is 46.2 Å². The minimum absolute atomic E-state index is 0.0703. The van der Waals surface area contributed by atoms with E-state index in [4.69, 9.17) is 4.74 Å². The molecule has 34 heavy (non-hydrogen) atoms. The topological polar surface area (TPSA) is 43.3 Å². The number of carbonyl (C=O) groups excluding carboxylic acids is 1. The van der Waals surface area contributed by atoms with Crippen molar-refractivity contribution < 1.29 is 9.53 Å². The van der Waals surface area contributed by atoms with E-state index in [1.54, 1.807) is 7.11 Å². The van der Waals surface area contributed by atoms with Crippen LogP contribution in [0.2, 0.25) is 0 Å². The maximum absolute atomic E-state index is 13.0. The highest BCUT2D eigenvalue weighted by Crippen LogP contribution is 2.41. The number of hydrogen-bond donors (Lipinski definition) is 1. The van der Waals surface area contributed by atoms with Crippen LogP contribution in [0.5, 0.6) is 5.75 Å². The molecule has 0 aliphatic heterocycles. The Morgan fingerprint density at radius 1 is 0.912 bits per heavy atom. The molecule has 4 heteroatoms. The first-order valence-electron chi connectivity index (χ1n) is 11.9. The van der Waals surface area contributed by atoms with Crippen LogP contribution >= 0.6 is 0 Å². The molecule has 0 spiro atoms. The summed E-state index contributed by atoms with van der Waals surface area (Å²) in [5.74, 6) is 1.03. The normalized spacial score (nSPS) is 12.5. The predicted molar refractivity (Wildman–Crippen MR) is 139 cm³/mol. The van der Waals surface area contributed by atoms with Crippen molar-refractivity contribution in [1.29, 1.82) is 0 Å². The second kappa shape index (κ2) is 10.2. The minimum Gasteiger partial charge on any atom is -0.497 e. The molecule has 3 aromatic carbocycles. The Balaban J connectivity index is 1.61. The Morgan fingerprint density at radius 2 is 1.59 bits per heavy atom. The second-order valence-corrected chi connectivity index (χ2v) is 9.96. The van der Waals surface area contributed by atoms with Crippen LogP contribution in [0, 0.1) is 5.41 Å². The number of carbonyl (C=O) groups is 1. The summed E-state index contributed by atoms with van der Waals surface area (Å²) in [5.41, 5.74) is 4.66. The zero-order chi connectivity index (χ0) is 24.1. The van der Waals surface area contributed by atoms with Crippen LogP contribution in [-0.2, 0) is 17.9 Å². The lowest BCUT2D eigenvalue weighted by Gasteiger charge is -2.30. The van der Waals surface area contributed by atoms with Crippen molar-refractivity contribution in [2.24, 2.45) is 5.41 Å². The van der Waals surface area contributed by atoms with E-state index in [0.717, 1.165) is 17.9 Å². The van der Waals surface area contributed by atoms with Crippen LogP contribution in [0.3, 0.4) is 0 Å². The molecular weight excluding hydrogens is 420 g/mol. The third kappa shape index (κ3) is 5.51. The molecule has 0 aliphatic rings. The molecule has 1 amide bonds. The van der Waals surface area contributed by atoms with Gasteiger partial charge in [-0.05, 0) is 46.2 Å². The highest BCUT2D eigenvalue weighted by molar-refractivity contribution is 5.86. The number of fused-ring (bicyclic) bond motifs is 1. The number of amides is 1. The van der Waals surface area contributed by atoms with Crippen molar-refractivity contribution in [1.82, 2.24) is 9.88 Å². The van der Waals surface area contributed by atoms with E-state index in [9.17, 15) is 4.79 Å². The van der Waals surface area contributed by atoms with Crippen molar-refractivity contribution in [2.75, 3.05) is 7.11 Å². The summed E-state index contributed by atoms with van der Waals surface area (Å²) in [7, 11) is 1.68. The Labute approximate surface area is 202 Å². The molecule has 176 valence electrons. The lowest BCUT2D eigenvalue weighted by atomic mass is 9.74. The van der Waals surface area contributed by atoms with Crippen LogP contribution in [0.1, 0.15) is 49.8 Å². The maximum Gasteiger partial charge on any atom is 0.220 e. The van der Waals surface area contributed by atoms with Gasteiger partial charge in [0, 0.05) is 36.6 Å². The van der Waals surface area contributed by atoms with Gasteiger partial charge in [-0.15, -0.1) is 0 Å². The van der Waals surface area contributed by atoms with Crippen molar-refractivity contribution in [3.05, 3.63) is 102 Å².